The fourth-order valence-electron chi connectivity index (χ4n) is 8.38. The number of fused-ring (bicyclic) bond motifs is 7. The van der Waals surface area contributed by atoms with E-state index in [1.807, 2.05) is 24.3 Å². The highest BCUT2D eigenvalue weighted by molar-refractivity contribution is 6.38. The Kier molecular flexibility index (Phi) is 14.7. The van der Waals surface area contributed by atoms with Gasteiger partial charge in [-0.1, -0.05) is 75.1 Å². The summed E-state index contributed by atoms with van der Waals surface area (Å²) < 4.78 is 18.5. The van der Waals surface area contributed by atoms with E-state index in [1.54, 1.807) is 51.4 Å². The number of hydrogen-bond donors (Lipinski definition) is 4. The molecule has 2 aromatic carbocycles. The Labute approximate surface area is 344 Å². The normalized spacial score (nSPS) is 24.5. The first-order chi connectivity index (χ1) is 28.4. The van der Waals surface area contributed by atoms with E-state index < -0.39 is 78.6 Å². The average molecular weight is 817 g/mol. The summed E-state index contributed by atoms with van der Waals surface area (Å²) >= 11 is 0. The highest BCUT2D eigenvalue weighted by Crippen LogP contribution is 2.36. The van der Waals surface area contributed by atoms with E-state index in [1.165, 1.54) is 9.80 Å². The van der Waals surface area contributed by atoms with Gasteiger partial charge in [-0.05, 0) is 54.9 Å². The Bertz CT molecular complexity index is 1850. The number of rotatable bonds is 12. The van der Waals surface area contributed by atoms with Crippen LogP contribution in [0.1, 0.15) is 81.9 Å². The molecule has 4 heterocycles. The van der Waals surface area contributed by atoms with E-state index in [-0.39, 0.29) is 37.1 Å². The molecule has 1 aliphatic carbocycles. The number of amides is 6. The van der Waals surface area contributed by atoms with E-state index in [0.717, 1.165) is 37.7 Å². The van der Waals surface area contributed by atoms with Crippen molar-refractivity contribution >= 4 is 41.2 Å². The number of benzene rings is 2. The summed E-state index contributed by atoms with van der Waals surface area (Å²) in [5.41, 5.74) is 1.28. The number of carbonyl (C=O) groups is 7. The Morgan fingerprint density at radius 3 is 2.41 bits per heavy atom. The van der Waals surface area contributed by atoms with Gasteiger partial charge in [-0.25, -0.2) is 0 Å². The minimum atomic E-state index is -1.29. The molecule has 318 valence electrons. The lowest BCUT2D eigenvalue weighted by Gasteiger charge is -2.35. The van der Waals surface area contributed by atoms with Crippen molar-refractivity contribution in [3.05, 3.63) is 65.7 Å². The van der Waals surface area contributed by atoms with Crippen LogP contribution in [0.3, 0.4) is 0 Å². The van der Waals surface area contributed by atoms with Crippen LogP contribution < -0.4 is 26.0 Å². The monoisotopic (exact) mass is 816 g/mol. The van der Waals surface area contributed by atoms with Crippen molar-refractivity contribution in [1.29, 1.82) is 0 Å². The second-order valence-corrected chi connectivity index (χ2v) is 15.9. The lowest BCUT2D eigenvalue weighted by Crippen LogP contribution is -2.60. The zero-order chi connectivity index (χ0) is 42.1. The van der Waals surface area contributed by atoms with Gasteiger partial charge in [-0.3, -0.25) is 33.6 Å². The second-order valence-electron chi connectivity index (χ2n) is 15.9. The fraction of sp³-hybridized carbons (Fsp3) is 0.558. The fourth-order valence-corrected chi connectivity index (χ4v) is 8.38. The molecule has 0 radical (unpaired) electrons. The Balaban J connectivity index is 1.18. The number of ketones is 1. The van der Waals surface area contributed by atoms with Crippen LogP contribution in [0.2, 0.25) is 0 Å². The third-order valence-electron chi connectivity index (χ3n) is 11.4. The number of nitrogens with zero attached hydrogens (tertiary/aromatic N) is 2. The number of ether oxygens (including phenoxy) is 3. The Morgan fingerprint density at radius 2 is 1.68 bits per heavy atom. The summed E-state index contributed by atoms with van der Waals surface area (Å²) in [6.45, 7) is 1.57. The van der Waals surface area contributed by atoms with Crippen LogP contribution in [-0.4, -0.2) is 121 Å². The van der Waals surface area contributed by atoms with Gasteiger partial charge in [0.05, 0.1) is 32.2 Å². The van der Waals surface area contributed by atoms with Crippen LogP contribution in [-0.2, 0) is 49.5 Å². The Hall–Kier alpha value is -5.35. The third-order valence-corrected chi connectivity index (χ3v) is 11.4. The smallest absolute Gasteiger partial charge is 0.290 e. The van der Waals surface area contributed by atoms with Gasteiger partial charge in [0.1, 0.15) is 36.1 Å². The van der Waals surface area contributed by atoms with Crippen molar-refractivity contribution in [3.63, 3.8) is 0 Å². The summed E-state index contributed by atoms with van der Waals surface area (Å²) in [5, 5.41) is 10.7. The third kappa shape index (κ3) is 10.8. The molecule has 7 rings (SSSR count). The average Bonchev–Trinajstić information content (AvgIpc) is 3.80. The lowest BCUT2D eigenvalue weighted by molar-refractivity contribution is -0.151. The minimum absolute atomic E-state index is 0.0245. The highest BCUT2D eigenvalue weighted by Gasteiger charge is 2.56. The summed E-state index contributed by atoms with van der Waals surface area (Å²) in [6, 6.07) is 11.5. The molecule has 16 heteroatoms. The predicted molar refractivity (Wildman–Crippen MR) is 213 cm³/mol. The highest BCUT2D eigenvalue weighted by atomic mass is 16.7. The molecule has 16 nitrogen and oxygen atoms in total. The molecule has 3 fully saturated rings. The molecule has 59 heavy (non-hydrogen) atoms. The lowest BCUT2D eigenvalue weighted by atomic mass is 9.83. The van der Waals surface area contributed by atoms with Crippen molar-refractivity contribution in [2.45, 2.75) is 114 Å². The minimum Gasteiger partial charge on any atom is -0.494 e. The molecule has 2 aromatic rings. The zero-order valence-electron chi connectivity index (χ0n) is 34.0. The van der Waals surface area contributed by atoms with Gasteiger partial charge in [-0.15, -0.1) is 0 Å². The van der Waals surface area contributed by atoms with Gasteiger partial charge in [0.2, 0.25) is 35.3 Å². The van der Waals surface area contributed by atoms with Gasteiger partial charge < -0.3 is 45.3 Å². The Morgan fingerprint density at radius 1 is 0.915 bits per heavy atom. The summed E-state index contributed by atoms with van der Waals surface area (Å²) in [6.07, 6.45) is 3.64. The first-order valence-corrected chi connectivity index (χ1v) is 20.7. The van der Waals surface area contributed by atoms with Gasteiger partial charge in [-0.2, -0.15) is 0 Å². The standard InChI is InChI=1S/C43H56N6O10/c1-4-13-30(38(52)41(54)44-24-33(51)47-35(42(55)48(2)3)27-15-7-5-8-16-27)45-40(53)37-39-31-25-49(37)43(56)36(28-17-9-6-10-18-28)46-32(50)23-26-14-11-19-29(22-26)57-21-12-20-34(58-31)59-39/h5,7-8,11,14-16,19,22,28,30-31,34-37,39H,4,6,9-10,12-13,17-18,20-21,23-25H2,1-3H3,(H,44,54)(H,45,53)(H,46,50)(H,47,51)/t30-,31+,34+,35+,36+,37+,39+/m1/s1. The molecular formula is C43H56N6O10. The van der Waals surface area contributed by atoms with Crippen molar-refractivity contribution in [2.24, 2.45) is 5.92 Å². The molecule has 1 saturated carbocycles. The summed E-state index contributed by atoms with van der Waals surface area (Å²) in [5.74, 6) is -4.18. The van der Waals surface area contributed by atoms with Crippen molar-refractivity contribution in [2.75, 3.05) is 33.8 Å². The van der Waals surface area contributed by atoms with Crippen LogP contribution in [0.4, 0.5) is 0 Å². The van der Waals surface area contributed by atoms with Crippen molar-refractivity contribution in [3.8, 4) is 5.75 Å². The molecule has 6 amide bonds. The SMILES string of the molecule is CCC[C@@H](NC(=O)[C@@H]1[C@H]2O[C@H]3CCCOc4cccc(c4)CC(=O)N[C@@H](C4CCCCC4)C(=O)N1C[C@@H]2O3)C(=O)C(=O)NCC(=O)N[C@H](C(=O)N(C)C)c1ccccc1. The largest absolute Gasteiger partial charge is 0.494 e. The number of Topliss-reactive ketones (excluding diaryl/α,β-unsaturated/α-hetero) is 1. The molecule has 6 bridgehead atoms. The predicted octanol–water partition coefficient (Wildman–Crippen LogP) is 1.70. The van der Waals surface area contributed by atoms with E-state index in [4.69, 9.17) is 14.2 Å². The van der Waals surface area contributed by atoms with Crippen LogP contribution >= 0.6 is 0 Å². The number of carbonyl (C=O) groups excluding carboxylic acids is 7. The van der Waals surface area contributed by atoms with Gasteiger partial charge in [0.15, 0.2) is 6.29 Å². The van der Waals surface area contributed by atoms with Crippen molar-refractivity contribution in [1.82, 2.24) is 31.1 Å². The van der Waals surface area contributed by atoms with Gasteiger partial charge in [0.25, 0.3) is 5.91 Å². The number of nitrogens with one attached hydrogen (secondary N) is 4. The zero-order valence-corrected chi connectivity index (χ0v) is 34.0. The topological polar surface area (TPSA) is 202 Å². The molecule has 4 N–H and O–H groups in total. The van der Waals surface area contributed by atoms with Crippen LogP contribution in [0.15, 0.2) is 54.6 Å². The van der Waals surface area contributed by atoms with E-state index in [2.05, 4.69) is 21.3 Å². The van der Waals surface area contributed by atoms with Gasteiger partial charge >= 0.3 is 0 Å². The molecule has 0 aromatic heterocycles. The molecule has 7 atom stereocenters. The molecule has 0 unspecified atom stereocenters. The van der Waals surface area contributed by atoms with Crippen LogP contribution in [0, 0.1) is 5.92 Å². The van der Waals surface area contributed by atoms with E-state index >= 15 is 0 Å². The first kappa shape index (κ1) is 43.2. The maximum absolute atomic E-state index is 14.7. The number of likely N-dealkylation sites (N-methyl/N-ethyl adjacent to an activating group) is 1. The maximum atomic E-state index is 14.7. The molecule has 4 aliphatic heterocycles. The van der Waals surface area contributed by atoms with Crippen LogP contribution in [0.25, 0.3) is 0 Å². The molecular weight excluding hydrogens is 761 g/mol. The summed E-state index contributed by atoms with van der Waals surface area (Å²) in [4.78, 5) is 98.2. The molecule has 5 aliphatic rings. The quantitative estimate of drug-likeness (QED) is 0.229. The van der Waals surface area contributed by atoms with Crippen LogP contribution in [0.5, 0.6) is 5.75 Å². The van der Waals surface area contributed by atoms with E-state index in [9.17, 15) is 33.6 Å². The maximum Gasteiger partial charge on any atom is 0.290 e. The molecule has 0 spiro atoms. The van der Waals surface area contributed by atoms with Gasteiger partial charge in [0, 0.05) is 20.5 Å². The first-order valence-electron chi connectivity index (χ1n) is 20.7. The van der Waals surface area contributed by atoms with Crippen molar-refractivity contribution < 1.29 is 47.8 Å². The second kappa shape index (κ2) is 20.1. The number of hydrogen-bond acceptors (Lipinski definition) is 10. The molecule has 2 saturated heterocycles. The summed E-state index contributed by atoms with van der Waals surface area (Å²) in [7, 11) is 3.12. The van der Waals surface area contributed by atoms with E-state index in [0.29, 0.717) is 37.2 Å².